The quantitative estimate of drug-likeness (QED) is 0.0211. The predicted octanol–water partition coefficient (Wildman–Crippen LogP) is 15.9. The molecule has 0 aromatic carbocycles. The van der Waals surface area contributed by atoms with Crippen LogP contribution in [0.3, 0.4) is 0 Å². The normalized spacial score (nSPS) is 14.3. The Balaban J connectivity index is 4.32. The molecule has 0 amide bonds. The van der Waals surface area contributed by atoms with Crippen LogP contribution in [-0.4, -0.2) is 74.9 Å². The van der Waals surface area contributed by atoms with Crippen molar-refractivity contribution in [2.45, 2.75) is 193 Å². The third-order valence-corrected chi connectivity index (χ3v) is 11.5. The molecule has 0 aromatic heterocycles. The van der Waals surface area contributed by atoms with Gasteiger partial charge in [0.1, 0.15) is 19.8 Å². The lowest BCUT2D eigenvalue weighted by Crippen LogP contribution is -2.37. The molecule has 0 bridgehead atoms. The van der Waals surface area contributed by atoms with E-state index >= 15 is 0 Å². The average molecular weight is 955 g/mol. The number of esters is 2. The zero-order chi connectivity index (χ0) is 49.2. The van der Waals surface area contributed by atoms with Gasteiger partial charge in [0.15, 0.2) is 6.10 Å². The van der Waals surface area contributed by atoms with Crippen molar-refractivity contribution in [2.24, 2.45) is 0 Å². The average Bonchev–Trinajstić information content (AvgIpc) is 3.29. The Kier molecular flexibility index (Phi) is 45.4. The lowest BCUT2D eigenvalue weighted by Gasteiger charge is -2.24. The third kappa shape index (κ3) is 51.9. The van der Waals surface area contributed by atoms with Crippen LogP contribution in [0.1, 0.15) is 187 Å². The van der Waals surface area contributed by atoms with Crippen LogP contribution in [0.5, 0.6) is 0 Å². The topological polar surface area (TPSA) is 108 Å². The molecular weight excluding hydrogens is 858 g/mol. The van der Waals surface area contributed by atoms with Gasteiger partial charge < -0.3 is 18.9 Å². The highest BCUT2D eigenvalue weighted by Crippen LogP contribution is 2.43. The second kappa shape index (κ2) is 47.7. The van der Waals surface area contributed by atoms with Crippen LogP contribution in [0, 0.1) is 0 Å². The van der Waals surface area contributed by atoms with Crippen molar-refractivity contribution in [3.8, 4) is 0 Å². The standard InChI is InChI=1S/C57H96NO8P/c1-6-8-10-12-14-16-18-20-22-23-24-25-26-27-28-29-30-31-32-33-34-35-36-38-40-42-44-46-48-50-57(60)66-55(54-65-67(61,62)64-52-51-58(3,4)5)53-63-56(59)49-47-45-43-41-39-37-21-19-17-15-13-11-9-7-2/h8,10,14,16,19-22,24-25,27-28,30-31,33-34,36,38,55H,6-7,9,11-13,15,17-18,23,26,29,32,35,37,39-54H2,1-5H3/p+1/b10-8-,16-14-,21-19-,22-20-,25-24-,28-27-,31-30-,34-33-,38-36-. The molecular formula is C57H97NO8P+. The highest BCUT2D eigenvalue weighted by Gasteiger charge is 2.27. The van der Waals surface area contributed by atoms with Crippen LogP contribution in [0.2, 0.25) is 0 Å². The molecule has 2 unspecified atom stereocenters. The first-order chi connectivity index (χ1) is 32.5. The number of carbonyl (C=O) groups is 2. The first kappa shape index (κ1) is 63.7. The zero-order valence-corrected chi connectivity index (χ0v) is 44.0. The van der Waals surface area contributed by atoms with Gasteiger partial charge in [-0.25, -0.2) is 4.57 Å². The minimum Gasteiger partial charge on any atom is -0.462 e. The lowest BCUT2D eigenvalue weighted by atomic mass is 10.1. The van der Waals surface area contributed by atoms with Gasteiger partial charge in [0.05, 0.1) is 27.7 Å². The van der Waals surface area contributed by atoms with Gasteiger partial charge in [0.2, 0.25) is 0 Å². The summed E-state index contributed by atoms with van der Waals surface area (Å²) in [7, 11) is 1.44. The first-order valence-corrected chi connectivity index (χ1v) is 27.6. The number of likely N-dealkylation sites (N-methyl/N-ethyl adjacent to an activating group) is 1. The van der Waals surface area contributed by atoms with E-state index in [1.54, 1.807) is 0 Å². The summed E-state index contributed by atoms with van der Waals surface area (Å²) < 4.78 is 34.4. The number of hydrogen-bond acceptors (Lipinski definition) is 7. The van der Waals surface area contributed by atoms with E-state index in [9.17, 15) is 19.0 Å². The number of hydrogen-bond donors (Lipinski definition) is 1. The van der Waals surface area contributed by atoms with Crippen molar-refractivity contribution < 1.29 is 42.1 Å². The summed E-state index contributed by atoms with van der Waals surface area (Å²) in [4.78, 5) is 35.5. The molecule has 0 saturated heterocycles. The molecule has 0 heterocycles. The maximum Gasteiger partial charge on any atom is 0.472 e. The molecule has 0 radical (unpaired) electrons. The highest BCUT2D eigenvalue weighted by molar-refractivity contribution is 7.47. The maximum absolute atomic E-state index is 12.8. The summed E-state index contributed by atoms with van der Waals surface area (Å²) in [5.74, 6) is -0.846. The van der Waals surface area contributed by atoms with E-state index in [0.29, 0.717) is 17.4 Å². The SMILES string of the molecule is CC/C=C\C/C=C\C/C=C\C/C=C\C/C=C\C/C=C\C/C=C\C/C=C\CCCCCCC(=O)OC(COC(=O)CCCCCCC/C=C\CCCCCCC)COP(=O)(O)OCC[N+](C)(C)C. The van der Waals surface area contributed by atoms with Gasteiger partial charge in [-0.2, -0.15) is 0 Å². The fraction of sp³-hybridized carbons (Fsp3) is 0.649. The lowest BCUT2D eigenvalue weighted by molar-refractivity contribution is -0.870. The number of carbonyl (C=O) groups excluding carboxylic acids is 2. The highest BCUT2D eigenvalue weighted by atomic mass is 31.2. The van der Waals surface area contributed by atoms with Gasteiger partial charge in [0, 0.05) is 12.8 Å². The summed E-state index contributed by atoms with van der Waals surface area (Å²) >= 11 is 0. The molecule has 382 valence electrons. The molecule has 0 aliphatic carbocycles. The number of ether oxygens (including phenoxy) is 2. The molecule has 0 aliphatic rings. The van der Waals surface area contributed by atoms with Crippen molar-refractivity contribution in [1.82, 2.24) is 0 Å². The summed E-state index contributed by atoms with van der Waals surface area (Å²) in [5, 5.41) is 0. The van der Waals surface area contributed by atoms with Gasteiger partial charge in [-0.05, 0) is 103 Å². The van der Waals surface area contributed by atoms with Crippen LogP contribution in [0.4, 0.5) is 0 Å². The molecule has 0 spiro atoms. The number of phosphoric ester groups is 1. The second-order valence-electron chi connectivity index (χ2n) is 18.2. The fourth-order valence-corrected chi connectivity index (χ4v) is 7.24. The summed E-state index contributed by atoms with van der Waals surface area (Å²) in [6.07, 6.45) is 65.7. The van der Waals surface area contributed by atoms with Crippen LogP contribution < -0.4 is 0 Å². The summed E-state index contributed by atoms with van der Waals surface area (Å²) in [6.45, 7) is 4.24. The number of rotatable bonds is 46. The Morgan fingerprint density at radius 3 is 1.28 bits per heavy atom. The van der Waals surface area contributed by atoms with Crippen LogP contribution in [0.15, 0.2) is 109 Å². The van der Waals surface area contributed by atoms with Gasteiger partial charge in [-0.3, -0.25) is 18.6 Å². The number of unbranched alkanes of at least 4 members (excludes halogenated alkanes) is 14. The van der Waals surface area contributed by atoms with Gasteiger partial charge in [-0.1, -0.05) is 181 Å². The van der Waals surface area contributed by atoms with E-state index in [1.165, 1.54) is 38.5 Å². The molecule has 9 nitrogen and oxygen atoms in total. The fourth-order valence-electron chi connectivity index (χ4n) is 6.49. The molecule has 2 atom stereocenters. The molecule has 0 aliphatic heterocycles. The van der Waals surface area contributed by atoms with E-state index < -0.39 is 26.5 Å². The third-order valence-electron chi connectivity index (χ3n) is 10.5. The summed E-state index contributed by atoms with van der Waals surface area (Å²) in [5.41, 5.74) is 0. The van der Waals surface area contributed by atoms with Crippen LogP contribution in [-0.2, 0) is 32.7 Å². The number of nitrogens with zero attached hydrogens (tertiary/aromatic N) is 1. The van der Waals surface area contributed by atoms with Gasteiger partial charge in [-0.15, -0.1) is 0 Å². The van der Waals surface area contributed by atoms with E-state index in [1.807, 2.05) is 21.1 Å². The maximum atomic E-state index is 12.8. The Morgan fingerprint density at radius 2 is 0.851 bits per heavy atom. The van der Waals surface area contributed by atoms with E-state index in [4.69, 9.17) is 18.5 Å². The minimum absolute atomic E-state index is 0.0190. The number of allylic oxidation sites excluding steroid dienone is 18. The molecule has 0 fully saturated rings. The van der Waals surface area contributed by atoms with Crippen LogP contribution in [0.25, 0.3) is 0 Å². The Bertz CT molecular complexity index is 1500. The van der Waals surface area contributed by atoms with Gasteiger partial charge in [0.25, 0.3) is 0 Å². The molecule has 10 heteroatoms. The zero-order valence-electron chi connectivity index (χ0n) is 43.1. The molecule has 67 heavy (non-hydrogen) atoms. The Hall–Kier alpha value is -3.33. The molecule has 0 rings (SSSR count). The van der Waals surface area contributed by atoms with Crippen LogP contribution >= 0.6 is 7.82 Å². The molecule has 0 aromatic rings. The minimum atomic E-state index is -4.40. The smallest absolute Gasteiger partial charge is 0.462 e. The van der Waals surface area contributed by atoms with Crippen molar-refractivity contribution in [3.05, 3.63) is 109 Å². The van der Waals surface area contributed by atoms with Crippen molar-refractivity contribution in [2.75, 3.05) is 47.5 Å². The summed E-state index contributed by atoms with van der Waals surface area (Å²) in [6, 6.07) is 0. The molecule has 1 N–H and O–H groups in total. The Labute approximate surface area is 410 Å². The molecule has 0 saturated carbocycles. The predicted molar refractivity (Wildman–Crippen MR) is 284 cm³/mol. The van der Waals surface area contributed by atoms with Crippen molar-refractivity contribution in [1.29, 1.82) is 0 Å². The van der Waals surface area contributed by atoms with Crippen molar-refractivity contribution in [3.63, 3.8) is 0 Å². The number of phosphoric acid groups is 1. The van der Waals surface area contributed by atoms with E-state index in [-0.39, 0.29) is 32.0 Å². The second-order valence-corrected chi connectivity index (χ2v) is 19.6. The first-order valence-electron chi connectivity index (χ1n) is 26.1. The number of quaternary nitrogens is 1. The largest absolute Gasteiger partial charge is 0.472 e. The van der Waals surface area contributed by atoms with Gasteiger partial charge >= 0.3 is 19.8 Å². The van der Waals surface area contributed by atoms with E-state index in [0.717, 1.165) is 116 Å². The van der Waals surface area contributed by atoms with Crippen molar-refractivity contribution >= 4 is 19.8 Å². The van der Waals surface area contributed by atoms with E-state index in [2.05, 4.69) is 123 Å². The monoisotopic (exact) mass is 955 g/mol. The Morgan fingerprint density at radius 1 is 0.478 bits per heavy atom.